The van der Waals surface area contributed by atoms with Gasteiger partial charge in [0.2, 0.25) is 5.91 Å². The molecular formula is C15H24ClF3N2O. The lowest BCUT2D eigenvalue weighted by molar-refractivity contribution is -0.187. The van der Waals surface area contributed by atoms with Crippen LogP contribution in [0, 0.1) is 11.8 Å². The number of likely N-dealkylation sites (tertiary alicyclic amines) is 1. The molecule has 1 amide bonds. The lowest BCUT2D eigenvalue weighted by atomic mass is 9.80. The van der Waals surface area contributed by atoms with Gasteiger partial charge in [0.15, 0.2) is 0 Å². The van der Waals surface area contributed by atoms with Crippen LogP contribution in [-0.4, -0.2) is 42.2 Å². The molecule has 3 fully saturated rings. The normalized spacial score (nSPS) is 35.7. The highest BCUT2D eigenvalue weighted by molar-refractivity contribution is 5.85. The molecule has 0 aromatic rings. The van der Waals surface area contributed by atoms with Crippen molar-refractivity contribution in [3.63, 3.8) is 0 Å². The topological polar surface area (TPSA) is 32.3 Å². The number of nitrogens with zero attached hydrogens (tertiary/aromatic N) is 1. The van der Waals surface area contributed by atoms with E-state index < -0.39 is 18.0 Å². The SMILES string of the molecule is Cl.O=C(C1CCCC(C(F)(F)F)C1)N1CCC2CCC(C1)N2. The fourth-order valence-corrected chi connectivity index (χ4v) is 4.11. The zero-order valence-electron chi connectivity index (χ0n) is 12.6. The van der Waals surface area contributed by atoms with Gasteiger partial charge in [-0.1, -0.05) is 6.42 Å². The summed E-state index contributed by atoms with van der Waals surface area (Å²) >= 11 is 0. The van der Waals surface area contributed by atoms with E-state index in [0.29, 0.717) is 38.0 Å². The molecule has 1 aliphatic carbocycles. The van der Waals surface area contributed by atoms with E-state index in [-0.39, 0.29) is 31.2 Å². The molecule has 4 atom stereocenters. The number of rotatable bonds is 1. The smallest absolute Gasteiger partial charge is 0.341 e. The summed E-state index contributed by atoms with van der Waals surface area (Å²) in [5.41, 5.74) is 0. The van der Waals surface area contributed by atoms with Crippen LogP contribution in [0.4, 0.5) is 13.2 Å². The first kappa shape index (κ1) is 17.9. The van der Waals surface area contributed by atoms with Crippen molar-refractivity contribution in [2.45, 2.75) is 63.2 Å². The maximum Gasteiger partial charge on any atom is 0.391 e. The highest BCUT2D eigenvalue weighted by Crippen LogP contribution is 2.40. The summed E-state index contributed by atoms with van der Waals surface area (Å²) in [6, 6.07) is 0.825. The molecule has 3 nitrogen and oxygen atoms in total. The van der Waals surface area contributed by atoms with Crippen LogP contribution in [0.3, 0.4) is 0 Å². The standard InChI is InChI=1S/C15H23F3N2O.ClH/c16-15(17,18)11-3-1-2-10(8-11)14(21)20-7-6-12-4-5-13(9-20)19-12;/h10-13,19H,1-9H2;1H. The Bertz CT molecular complexity index is 405. The summed E-state index contributed by atoms with van der Waals surface area (Å²) < 4.78 is 38.6. The van der Waals surface area contributed by atoms with Crippen molar-refractivity contribution >= 4 is 18.3 Å². The maximum absolute atomic E-state index is 12.9. The third-order valence-electron chi connectivity index (χ3n) is 5.32. The number of nitrogens with one attached hydrogen (secondary N) is 1. The second-order valence-electron chi connectivity index (χ2n) is 6.81. The van der Waals surface area contributed by atoms with Gasteiger partial charge in [-0.25, -0.2) is 0 Å². The summed E-state index contributed by atoms with van der Waals surface area (Å²) in [6.07, 6.45) is 0.300. The van der Waals surface area contributed by atoms with E-state index in [1.54, 1.807) is 0 Å². The Morgan fingerprint density at radius 3 is 2.50 bits per heavy atom. The van der Waals surface area contributed by atoms with Crippen LogP contribution in [0.2, 0.25) is 0 Å². The number of alkyl halides is 3. The molecule has 3 rings (SSSR count). The van der Waals surface area contributed by atoms with Crippen LogP contribution in [0.1, 0.15) is 44.9 Å². The van der Waals surface area contributed by atoms with Gasteiger partial charge in [-0.05, 0) is 38.5 Å². The first-order valence-corrected chi connectivity index (χ1v) is 8.05. The number of fused-ring (bicyclic) bond motifs is 2. The van der Waals surface area contributed by atoms with Crippen molar-refractivity contribution < 1.29 is 18.0 Å². The van der Waals surface area contributed by atoms with E-state index in [0.717, 1.165) is 19.3 Å². The predicted molar refractivity (Wildman–Crippen MR) is 79.9 cm³/mol. The number of hydrogen-bond donors (Lipinski definition) is 1. The molecule has 1 saturated carbocycles. The average molecular weight is 341 g/mol. The number of carbonyl (C=O) groups excluding carboxylic acids is 1. The monoisotopic (exact) mass is 340 g/mol. The first-order valence-electron chi connectivity index (χ1n) is 8.05. The van der Waals surface area contributed by atoms with Gasteiger partial charge < -0.3 is 10.2 Å². The molecule has 2 heterocycles. The lowest BCUT2D eigenvalue weighted by Crippen LogP contribution is -2.44. The van der Waals surface area contributed by atoms with Gasteiger partial charge in [-0.15, -0.1) is 12.4 Å². The Morgan fingerprint density at radius 2 is 1.77 bits per heavy atom. The second-order valence-corrected chi connectivity index (χ2v) is 6.81. The number of carbonyl (C=O) groups is 1. The molecule has 0 spiro atoms. The van der Waals surface area contributed by atoms with Crippen LogP contribution < -0.4 is 5.32 Å². The molecule has 4 unspecified atom stereocenters. The van der Waals surface area contributed by atoms with Crippen molar-refractivity contribution in [2.24, 2.45) is 11.8 Å². The van der Waals surface area contributed by atoms with Gasteiger partial charge in [0, 0.05) is 31.1 Å². The van der Waals surface area contributed by atoms with Crippen LogP contribution in [0.25, 0.3) is 0 Å². The van der Waals surface area contributed by atoms with E-state index in [1.807, 2.05) is 4.90 Å². The summed E-state index contributed by atoms with van der Waals surface area (Å²) in [5, 5.41) is 3.50. The second kappa shape index (κ2) is 6.95. The Morgan fingerprint density at radius 1 is 1.05 bits per heavy atom. The zero-order valence-corrected chi connectivity index (χ0v) is 13.4. The Hall–Kier alpha value is -0.490. The summed E-state index contributed by atoms with van der Waals surface area (Å²) in [7, 11) is 0. The van der Waals surface area contributed by atoms with Crippen molar-refractivity contribution in [1.82, 2.24) is 10.2 Å². The van der Waals surface area contributed by atoms with Gasteiger partial charge in [0.25, 0.3) is 0 Å². The van der Waals surface area contributed by atoms with E-state index in [9.17, 15) is 18.0 Å². The third kappa shape index (κ3) is 3.88. The molecule has 0 aromatic heterocycles. The molecule has 22 heavy (non-hydrogen) atoms. The molecule has 0 radical (unpaired) electrons. The quantitative estimate of drug-likeness (QED) is 0.795. The Kier molecular flexibility index (Phi) is 5.64. The van der Waals surface area contributed by atoms with Gasteiger partial charge >= 0.3 is 6.18 Å². The zero-order chi connectivity index (χ0) is 15.0. The molecule has 1 N–H and O–H groups in total. The van der Waals surface area contributed by atoms with Crippen molar-refractivity contribution in [3.05, 3.63) is 0 Å². The molecular weight excluding hydrogens is 317 g/mol. The highest BCUT2D eigenvalue weighted by atomic mass is 35.5. The van der Waals surface area contributed by atoms with Gasteiger partial charge in [-0.3, -0.25) is 4.79 Å². The summed E-state index contributed by atoms with van der Waals surface area (Å²) in [6.45, 7) is 1.36. The molecule has 128 valence electrons. The first-order chi connectivity index (χ1) is 9.93. The minimum atomic E-state index is -4.15. The predicted octanol–water partition coefficient (Wildman–Crippen LogP) is 3.13. The fraction of sp³-hybridized carbons (Fsp3) is 0.933. The van der Waals surface area contributed by atoms with Crippen molar-refractivity contribution in [1.29, 1.82) is 0 Å². The number of halogens is 4. The number of hydrogen-bond acceptors (Lipinski definition) is 2. The van der Waals surface area contributed by atoms with E-state index >= 15 is 0 Å². The van der Waals surface area contributed by atoms with Crippen LogP contribution in [0.15, 0.2) is 0 Å². The fourth-order valence-electron chi connectivity index (χ4n) is 4.11. The van der Waals surface area contributed by atoms with Crippen LogP contribution >= 0.6 is 12.4 Å². The minimum absolute atomic E-state index is 0. The molecule has 7 heteroatoms. The van der Waals surface area contributed by atoms with E-state index in [4.69, 9.17) is 0 Å². The summed E-state index contributed by atoms with van der Waals surface area (Å²) in [5.74, 6) is -1.76. The highest BCUT2D eigenvalue weighted by Gasteiger charge is 2.44. The third-order valence-corrected chi connectivity index (χ3v) is 5.32. The van der Waals surface area contributed by atoms with Gasteiger partial charge in [-0.2, -0.15) is 13.2 Å². The molecule has 3 aliphatic rings. The summed E-state index contributed by atoms with van der Waals surface area (Å²) in [4.78, 5) is 14.4. The van der Waals surface area contributed by atoms with Crippen LogP contribution in [-0.2, 0) is 4.79 Å². The molecule has 2 bridgehead atoms. The van der Waals surface area contributed by atoms with Gasteiger partial charge in [0.05, 0.1) is 5.92 Å². The maximum atomic E-state index is 12.9. The van der Waals surface area contributed by atoms with Crippen LogP contribution in [0.5, 0.6) is 0 Å². The van der Waals surface area contributed by atoms with E-state index in [2.05, 4.69) is 5.32 Å². The van der Waals surface area contributed by atoms with Gasteiger partial charge in [0.1, 0.15) is 0 Å². The van der Waals surface area contributed by atoms with E-state index in [1.165, 1.54) is 0 Å². The Balaban J connectivity index is 0.00000176. The molecule has 0 aromatic carbocycles. The molecule has 2 saturated heterocycles. The average Bonchev–Trinajstić information content (AvgIpc) is 2.77. The minimum Gasteiger partial charge on any atom is -0.341 e. The number of amides is 1. The van der Waals surface area contributed by atoms with Crippen molar-refractivity contribution in [3.8, 4) is 0 Å². The Labute approximate surface area is 135 Å². The largest absolute Gasteiger partial charge is 0.391 e. The van der Waals surface area contributed by atoms with Crippen molar-refractivity contribution in [2.75, 3.05) is 13.1 Å². The lowest BCUT2D eigenvalue weighted by Gasteiger charge is -2.34. The molecule has 2 aliphatic heterocycles.